The van der Waals surface area contributed by atoms with Gasteiger partial charge in [0.2, 0.25) is 0 Å². The molecule has 0 unspecified atom stereocenters. The Kier molecular flexibility index (Phi) is 4.63. The maximum absolute atomic E-state index is 5.50. The van der Waals surface area contributed by atoms with E-state index in [4.69, 9.17) is 9.47 Å². The molecule has 15 heavy (non-hydrogen) atoms. The second-order valence-electron chi connectivity index (χ2n) is 4.77. The second-order valence-corrected chi connectivity index (χ2v) is 4.77. The third kappa shape index (κ3) is 6.13. The number of hydrogen-bond donors (Lipinski definition) is 0. The molecule has 0 saturated carbocycles. The topological polar surface area (TPSA) is 18.5 Å². The lowest BCUT2D eigenvalue weighted by molar-refractivity contribution is 0.0514. The van der Waals surface area contributed by atoms with Crippen LogP contribution in [0.3, 0.4) is 0 Å². The molecule has 0 aliphatic carbocycles. The minimum atomic E-state index is 0.229. The van der Waals surface area contributed by atoms with E-state index in [1.807, 2.05) is 30.3 Å². The molecule has 0 fully saturated rings. The fourth-order valence-corrected chi connectivity index (χ4v) is 1.11. The highest BCUT2D eigenvalue weighted by Crippen LogP contribution is 2.12. The third-order valence-corrected chi connectivity index (χ3v) is 1.77. The predicted molar refractivity (Wildman–Crippen MR) is 62.2 cm³/mol. The maximum atomic E-state index is 5.50. The van der Waals surface area contributed by atoms with Gasteiger partial charge in [0.15, 0.2) is 0 Å². The summed E-state index contributed by atoms with van der Waals surface area (Å²) in [7, 11) is 0. The maximum Gasteiger partial charge on any atom is 0.119 e. The van der Waals surface area contributed by atoms with Crippen LogP contribution in [0.1, 0.15) is 20.8 Å². The first-order valence-electron chi connectivity index (χ1n) is 5.33. The molecule has 0 radical (unpaired) electrons. The van der Waals surface area contributed by atoms with E-state index in [0.29, 0.717) is 13.2 Å². The largest absolute Gasteiger partial charge is 0.491 e. The quantitative estimate of drug-likeness (QED) is 0.692. The van der Waals surface area contributed by atoms with Crippen LogP contribution < -0.4 is 4.74 Å². The number of hydrogen-bond acceptors (Lipinski definition) is 2. The first-order valence-corrected chi connectivity index (χ1v) is 5.33. The van der Waals surface area contributed by atoms with Gasteiger partial charge in [-0.2, -0.15) is 0 Å². The Balaban J connectivity index is 2.08. The zero-order valence-electron chi connectivity index (χ0n) is 9.82. The van der Waals surface area contributed by atoms with Gasteiger partial charge in [-0.15, -0.1) is 0 Å². The summed E-state index contributed by atoms with van der Waals surface area (Å²) in [5.74, 6) is 0.900. The van der Waals surface area contributed by atoms with Crippen LogP contribution in [-0.2, 0) is 4.74 Å². The zero-order chi connectivity index (χ0) is 11.1. The molecule has 1 aromatic rings. The lowest BCUT2D eigenvalue weighted by atomic mass is 9.99. The third-order valence-electron chi connectivity index (χ3n) is 1.77. The number of ether oxygens (including phenoxy) is 2. The molecule has 0 spiro atoms. The summed E-state index contributed by atoms with van der Waals surface area (Å²) < 4.78 is 11.0. The highest BCUT2D eigenvalue weighted by Gasteiger charge is 2.09. The predicted octanol–water partition coefficient (Wildman–Crippen LogP) is 3.13. The Hall–Kier alpha value is -1.02. The van der Waals surface area contributed by atoms with E-state index in [-0.39, 0.29) is 5.41 Å². The van der Waals surface area contributed by atoms with E-state index in [2.05, 4.69) is 20.8 Å². The highest BCUT2D eigenvalue weighted by atomic mass is 16.5. The van der Waals surface area contributed by atoms with Crippen LogP contribution in [0.4, 0.5) is 0 Å². The summed E-state index contributed by atoms with van der Waals surface area (Å²) in [6, 6.07) is 9.80. The van der Waals surface area contributed by atoms with Crippen molar-refractivity contribution in [3.8, 4) is 5.75 Å². The van der Waals surface area contributed by atoms with Gasteiger partial charge in [0.05, 0.1) is 13.2 Å². The van der Waals surface area contributed by atoms with Crippen LogP contribution in [-0.4, -0.2) is 19.8 Å². The Bertz CT molecular complexity index is 262. The molecule has 0 amide bonds. The molecule has 1 aromatic carbocycles. The molecule has 2 heteroatoms. The molecule has 84 valence electrons. The zero-order valence-corrected chi connectivity index (χ0v) is 9.82. The summed E-state index contributed by atoms with van der Waals surface area (Å²) in [5, 5.41) is 0. The van der Waals surface area contributed by atoms with E-state index in [9.17, 15) is 0 Å². The summed E-state index contributed by atoms with van der Waals surface area (Å²) >= 11 is 0. The molecule has 0 N–H and O–H groups in total. The number of benzene rings is 1. The average molecular weight is 208 g/mol. The van der Waals surface area contributed by atoms with Gasteiger partial charge in [-0.3, -0.25) is 0 Å². The molecular formula is C13H20O2. The second kappa shape index (κ2) is 5.76. The normalized spacial score (nSPS) is 11.4. The first kappa shape index (κ1) is 12.1. The molecular weight excluding hydrogens is 188 g/mol. The summed E-state index contributed by atoms with van der Waals surface area (Å²) in [4.78, 5) is 0. The van der Waals surface area contributed by atoms with Crippen LogP contribution in [0.2, 0.25) is 0 Å². The van der Waals surface area contributed by atoms with E-state index in [1.54, 1.807) is 0 Å². The van der Waals surface area contributed by atoms with E-state index >= 15 is 0 Å². The van der Waals surface area contributed by atoms with Crippen LogP contribution in [0.25, 0.3) is 0 Å². The van der Waals surface area contributed by atoms with Crippen molar-refractivity contribution in [1.29, 1.82) is 0 Å². The van der Waals surface area contributed by atoms with Crippen molar-refractivity contribution < 1.29 is 9.47 Å². The van der Waals surface area contributed by atoms with Gasteiger partial charge in [0.25, 0.3) is 0 Å². The monoisotopic (exact) mass is 208 g/mol. The van der Waals surface area contributed by atoms with Crippen molar-refractivity contribution in [3.63, 3.8) is 0 Å². The van der Waals surface area contributed by atoms with Gasteiger partial charge in [0, 0.05) is 0 Å². The smallest absolute Gasteiger partial charge is 0.119 e. The van der Waals surface area contributed by atoms with Crippen molar-refractivity contribution in [2.45, 2.75) is 20.8 Å². The van der Waals surface area contributed by atoms with Gasteiger partial charge in [0.1, 0.15) is 12.4 Å². The van der Waals surface area contributed by atoms with Gasteiger partial charge in [-0.1, -0.05) is 39.0 Å². The van der Waals surface area contributed by atoms with Crippen molar-refractivity contribution in [1.82, 2.24) is 0 Å². The van der Waals surface area contributed by atoms with Gasteiger partial charge in [-0.25, -0.2) is 0 Å². The number of rotatable bonds is 5. The molecule has 2 nitrogen and oxygen atoms in total. The SMILES string of the molecule is CC(C)(C)COCCOc1ccccc1. The molecule has 0 heterocycles. The number of para-hydroxylation sites is 1. The molecule has 0 aliphatic rings. The molecule has 1 rings (SSSR count). The Morgan fingerprint density at radius 1 is 1.00 bits per heavy atom. The summed E-state index contributed by atoms with van der Waals surface area (Å²) in [5.41, 5.74) is 0.229. The van der Waals surface area contributed by atoms with Crippen molar-refractivity contribution >= 4 is 0 Å². The van der Waals surface area contributed by atoms with Crippen molar-refractivity contribution in [3.05, 3.63) is 30.3 Å². The lowest BCUT2D eigenvalue weighted by Crippen LogP contribution is -2.17. The van der Waals surface area contributed by atoms with Crippen LogP contribution in [0, 0.1) is 5.41 Å². The van der Waals surface area contributed by atoms with Gasteiger partial charge >= 0.3 is 0 Å². The van der Waals surface area contributed by atoms with E-state index in [0.717, 1.165) is 12.4 Å². The van der Waals surface area contributed by atoms with Crippen molar-refractivity contribution in [2.75, 3.05) is 19.8 Å². The van der Waals surface area contributed by atoms with Crippen molar-refractivity contribution in [2.24, 2.45) is 5.41 Å². The van der Waals surface area contributed by atoms with Crippen LogP contribution >= 0.6 is 0 Å². The fourth-order valence-electron chi connectivity index (χ4n) is 1.11. The minimum absolute atomic E-state index is 0.229. The van der Waals surface area contributed by atoms with E-state index in [1.165, 1.54) is 0 Å². The van der Waals surface area contributed by atoms with E-state index < -0.39 is 0 Å². The highest BCUT2D eigenvalue weighted by molar-refractivity contribution is 5.20. The summed E-state index contributed by atoms with van der Waals surface area (Å²) in [6.45, 7) is 8.50. The molecule has 0 atom stereocenters. The average Bonchev–Trinajstić information content (AvgIpc) is 2.17. The molecule has 0 saturated heterocycles. The standard InChI is InChI=1S/C13H20O2/c1-13(2,3)11-14-9-10-15-12-7-5-4-6-8-12/h4-8H,9-11H2,1-3H3. The van der Waals surface area contributed by atoms with Gasteiger partial charge in [-0.05, 0) is 17.5 Å². The fraction of sp³-hybridized carbons (Fsp3) is 0.538. The van der Waals surface area contributed by atoms with Crippen LogP contribution in [0.15, 0.2) is 30.3 Å². The lowest BCUT2D eigenvalue weighted by Gasteiger charge is -2.17. The van der Waals surface area contributed by atoms with Crippen LogP contribution in [0.5, 0.6) is 5.75 Å². The summed E-state index contributed by atoms with van der Waals surface area (Å²) in [6.07, 6.45) is 0. The molecule has 0 bridgehead atoms. The molecule has 0 aromatic heterocycles. The minimum Gasteiger partial charge on any atom is -0.491 e. The molecule has 0 aliphatic heterocycles. The first-order chi connectivity index (χ1) is 7.08. The Labute approximate surface area is 92.2 Å². The Morgan fingerprint density at radius 2 is 1.67 bits per heavy atom. The Morgan fingerprint density at radius 3 is 2.27 bits per heavy atom. The van der Waals surface area contributed by atoms with Gasteiger partial charge < -0.3 is 9.47 Å².